The summed E-state index contributed by atoms with van der Waals surface area (Å²) in [7, 11) is 0. The van der Waals surface area contributed by atoms with Gasteiger partial charge < -0.3 is 11.1 Å². The van der Waals surface area contributed by atoms with Crippen LogP contribution in [0, 0.1) is 5.41 Å². The van der Waals surface area contributed by atoms with Crippen LogP contribution < -0.4 is 11.1 Å². The van der Waals surface area contributed by atoms with E-state index in [4.69, 9.17) is 18.0 Å². The van der Waals surface area contributed by atoms with Crippen molar-refractivity contribution in [1.29, 1.82) is 0 Å². The number of halogens is 1. The number of nitrogens with one attached hydrogen (secondary N) is 1. The SMILES string of the molecule is NC(=S)C1(C(=O)Nc2cnc(Br)cn2)CCCCC1. The number of carbonyl (C=O) groups is 1. The van der Waals surface area contributed by atoms with E-state index in [9.17, 15) is 4.79 Å². The Labute approximate surface area is 125 Å². The van der Waals surface area contributed by atoms with Crippen LogP contribution in [0.5, 0.6) is 0 Å². The lowest BCUT2D eigenvalue weighted by Gasteiger charge is -2.34. The predicted molar refractivity (Wildman–Crippen MR) is 80.7 cm³/mol. The van der Waals surface area contributed by atoms with Crippen molar-refractivity contribution in [3.63, 3.8) is 0 Å². The molecule has 19 heavy (non-hydrogen) atoms. The molecule has 1 saturated carbocycles. The molecule has 0 atom stereocenters. The number of anilines is 1. The molecule has 1 aliphatic carbocycles. The smallest absolute Gasteiger partial charge is 0.238 e. The van der Waals surface area contributed by atoms with Crippen LogP contribution in [0.25, 0.3) is 0 Å². The summed E-state index contributed by atoms with van der Waals surface area (Å²) in [4.78, 5) is 20.8. The molecule has 1 aromatic rings. The number of carbonyl (C=O) groups excluding carboxylic acids is 1. The second-order valence-corrected chi connectivity index (χ2v) is 5.94. The molecule has 1 aromatic heterocycles. The van der Waals surface area contributed by atoms with Gasteiger partial charge in [-0.25, -0.2) is 9.97 Å². The molecule has 0 spiro atoms. The lowest BCUT2D eigenvalue weighted by Crippen LogP contribution is -2.47. The molecule has 5 nitrogen and oxygen atoms in total. The van der Waals surface area contributed by atoms with Crippen molar-refractivity contribution in [3.05, 3.63) is 17.0 Å². The zero-order chi connectivity index (χ0) is 13.9. The average Bonchev–Trinajstić information content (AvgIpc) is 2.42. The van der Waals surface area contributed by atoms with Crippen LogP contribution >= 0.6 is 28.1 Å². The Balaban J connectivity index is 2.16. The number of rotatable bonds is 3. The number of aromatic nitrogens is 2. The Morgan fingerprint density at radius 1 is 1.32 bits per heavy atom. The molecule has 1 fully saturated rings. The Bertz CT molecular complexity index is 485. The van der Waals surface area contributed by atoms with E-state index >= 15 is 0 Å². The van der Waals surface area contributed by atoms with Crippen LogP contribution in [0.15, 0.2) is 17.0 Å². The molecule has 0 bridgehead atoms. The minimum atomic E-state index is -0.734. The molecular weight excluding hydrogens is 328 g/mol. The van der Waals surface area contributed by atoms with E-state index in [0.29, 0.717) is 23.3 Å². The third-order valence-corrected chi connectivity index (χ3v) is 4.28. The molecule has 1 heterocycles. The van der Waals surface area contributed by atoms with Gasteiger partial charge in [-0.1, -0.05) is 31.5 Å². The normalized spacial score (nSPS) is 17.7. The highest BCUT2D eigenvalue weighted by molar-refractivity contribution is 9.10. The summed E-state index contributed by atoms with van der Waals surface area (Å²) in [6.07, 6.45) is 7.50. The maximum absolute atomic E-state index is 12.5. The van der Waals surface area contributed by atoms with Gasteiger partial charge in [0.25, 0.3) is 0 Å². The summed E-state index contributed by atoms with van der Waals surface area (Å²) in [5, 5.41) is 2.76. The molecule has 0 unspecified atom stereocenters. The minimum absolute atomic E-state index is 0.170. The molecule has 102 valence electrons. The quantitative estimate of drug-likeness (QED) is 0.824. The largest absolute Gasteiger partial charge is 0.392 e. The van der Waals surface area contributed by atoms with Crippen LogP contribution in [0.4, 0.5) is 5.82 Å². The summed E-state index contributed by atoms with van der Waals surface area (Å²) in [6.45, 7) is 0. The first-order chi connectivity index (χ1) is 9.04. The summed E-state index contributed by atoms with van der Waals surface area (Å²) < 4.78 is 0.618. The van der Waals surface area contributed by atoms with Crippen LogP contribution in [0.3, 0.4) is 0 Å². The van der Waals surface area contributed by atoms with Crippen molar-refractivity contribution in [2.75, 3.05) is 5.32 Å². The molecule has 1 aliphatic rings. The van der Waals surface area contributed by atoms with Crippen molar-refractivity contribution in [2.45, 2.75) is 32.1 Å². The molecule has 3 N–H and O–H groups in total. The van der Waals surface area contributed by atoms with Crippen LogP contribution in [0.2, 0.25) is 0 Å². The van der Waals surface area contributed by atoms with Crippen LogP contribution in [-0.4, -0.2) is 20.9 Å². The standard InChI is InChI=1S/C12H15BrN4OS/c13-8-6-16-9(7-15-8)17-11(18)12(10(14)19)4-2-1-3-5-12/h6-7H,1-5H2,(H2,14,19)(H,16,17,18). The fourth-order valence-electron chi connectivity index (χ4n) is 2.35. The molecule has 2 rings (SSSR count). The Kier molecular flexibility index (Phi) is 4.46. The third-order valence-electron chi connectivity index (χ3n) is 3.48. The van der Waals surface area contributed by atoms with E-state index in [1.807, 2.05) is 0 Å². The lowest BCUT2D eigenvalue weighted by atomic mass is 9.73. The van der Waals surface area contributed by atoms with Crippen LogP contribution in [0.1, 0.15) is 32.1 Å². The van der Waals surface area contributed by atoms with Crippen molar-refractivity contribution in [2.24, 2.45) is 11.1 Å². The molecule has 0 aromatic carbocycles. The monoisotopic (exact) mass is 342 g/mol. The fraction of sp³-hybridized carbons (Fsp3) is 0.500. The van der Waals surface area contributed by atoms with Gasteiger partial charge >= 0.3 is 0 Å². The van der Waals surface area contributed by atoms with E-state index in [0.717, 1.165) is 19.3 Å². The van der Waals surface area contributed by atoms with Gasteiger partial charge in [-0.2, -0.15) is 0 Å². The van der Waals surface area contributed by atoms with Gasteiger partial charge in [0.2, 0.25) is 5.91 Å². The second-order valence-electron chi connectivity index (χ2n) is 4.69. The third kappa shape index (κ3) is 3.09. The zero-order valence-corrected chi connectivity index (χ0v) is 12.8. The number of nitrogens with zero attached hydrogens (tertiary/aromatic N) is 2. The molecule has 1 amide bonds. The molecular formula is C12H15BrN4OS. The Morgan fingerprint density at radius 3 is 2.53 bits per heavy atom. The first-order valence-electron chi connectivity index (χ1n) is 6.13. The maximum Gasteiger partial charge on any atom is 0.238 e. The van der Waals surface area contributed by atoms with Crippen molar-refractivity contribution in [1.82, 2.24) is 9.97 Å². The average molecular weight is 343 g/mol. The predicted octanol–water partition coefficient (Wildman–Crippen LogP) is 2.41. The summed E-state index contributed by atoms with van der Waals surface area (Å²) in [5.74, 6) is 0.241. The first kappa shape index (κ1) is 14.3. The van der Waals surface area contributed by atoms with E-state index in [2.05, 4.69) is 31.2 Å². The fourth-order valence-corrected chi connectivity index (χ4v) is 2.86. The second kappa shape index (κ2) is 5.92. The van der Waals surface area contributed by atoms with E-state index < -0.39 is 5.41 Å². The number of thiocarbonyl (C=S) groups is 1. The van der Waals surface area contributed by atoms with E-state index in [1.165, 1.54) is 12.4 Å². The van der Waals surface area contributed by atoms with Gasteiger partial charge in [0.05, 0.1) is 22.8 Å². The number of hydrogen-bond acceptors (Lipinski definition) is 4. The van der Waals surface area contributed by atoms with Crippen molar-refractivity contribution < 1.29 is 4.79 Å². The summed E-state index contributed by atoms with van der Waals surface area (Å²) in [6, 6.07) is 0. The topological polar surface area (TPSA) is 80.9 Å². The molecule has 7 heteroatoms. The molecule has 0 saturated heterocycles. The van der Waals surface area contributed by atoms with E-state index in [1.54, 1.807) is 0 Å². The van der Waals surface area contributed by atoms with Crippen molar-refractivity contribution >= 4 is 44.9 Å². The van der Waals surface area contributed by atoms with Gasteiger partial charge in [-0.3, -0.25) is 4.79 Å². The number of hydrogen-bond donors (Lipinski definition) is 2. The maximum atomic E-state index is 12.5. The highest BCUT2D eigenvalue weighted by Gasteiger charge is 2.42. The Hall–Kier alpha value is -1.08. The van der Waals surface area contributed by atoms with E-state index in [-0.39, 0.29) is 10.9 Å². The lowest BCUT2D eigenvalue weighted by molar-refractivity contribution is -0.123. The van der Waals surface area contributed by atoms with Gasteiger partial charge in [-0.05, 0) is 28.8 Å². The summed E-state index contributed by atoms with van der Waals surface area (Å²) >= 11 is 8.31. The van der Waals surface area contributed by atoms with Gasteiger partial charge in [0.15, 0.2) is 5.82 Å². The van der Waals surface area contributed by atoms with Gasteiger partial charge in [0, 0.05) is 0 Å². The number of nitrogens with two attached hydrogens (primary N) is 1. The van der Waals surface area contributed by atoms with Gasteiger partial charge in [0.1, 0.15) is 4.60 Å². The Morgan fingerprint density at radius 2 is 2.00 bits per heavy atom. The highest BCUT2D eigenvalue weighted by Crippen LogP contribution is 2.37. The van der Waals surface area contributed by atoms with Gasteiger partial charge in [-0.15, -0.1) is 0 Å². The molecule has 0 radical (unpaired) electrons. The van der Waals surface area contributed by atoms with Crippen molar-refractivity contribution in [3.8, 4) is 0 Å². The van der Waals surface area contributed by atoms with Crippen LogP contribution in [-0.2, 0) is 4.79 Å². The number of amides is 1. The minimum Gasteiger partial charge on any atom is -0.392 e. The molecule has 0 aliphatic heterocycles. The summed E-state index contributed by atoms with van der Waals surface area (Å²) in [5.41, 5.74) is 5.07. The highest BCUT2D eigenvalue weighted by atomic mass is 79.9. The first-order valence-corrected chi connectivity index (χ1v) is 7.34. The zero-order valence-electron chi connectivity index (χ0n) is 10.4.